The summed E-state index contributed by atoms with van der Waals surface area (Å²) in [6, 6.07) is 2.22. The molecule has 102 valence electrons. The highest BCUT2D eigenvalue weighted by molar-refractivity contribution is 6.53. The van der Waals surface area contributed by atoms with Gasteiger partial charge in [0.2, 0.25) is 0 Å². The molecule has 1 aromatic rings. The van der Waals surface area contributed by atoms with Crippen molar-refractivity contribution in [1.29, 1.82) is 0 Å². The van der Waals surface area contributed by atoms with Crippen LogP contribution in [-0.2, 0) is 17.6 Å². The average molecular weight is 273 g/mol. The molecule has 0 amide bonds. The van der Waals surface area contributed by atoms with Gasteiger partial charge in [-0.1, -0.05) is 20.8 Å². The summed E-state index contributed by atoms with van der Waals surface area (Å²) in [6.45, 7) is 8.41. The lowest BCUT2D eigenvalue weighted by Gasteiger charge is -2.26. The first-order chi connectivity index (χ1) is 8.27. The Morgan fingerprint density at radius 3 is 2.11 bits per heavy atom. The van der Waals surface area contributed by atoms with Crippen LogP contribution >= 0.6 is 0 Å². The van der Waals surface area contributed by atoms with Gasteiger partial charge in [0.25, 0.3) is 0 Å². The summed E-state index contributed by atoms with van der Waals surface area (Å²) >= 11 is 0. The molecule has 0 radical (unpaired) electrons. The monoisotopic (exact) mass is 273 g/mol. The zero-order chi connectivity index (χ0) is 13.9. The molecule has 0 fully saturated rings. The second kappa shape index (κ2) is 5.91. The van der Waals surface area contributed by atoms with Crippen molar-refractivity contribution >= 4 is 9.04 Å². The summed E-state index contributed by atoms with van der Waals surface area (Å²) in [5.41, 5.74) is 5.93. The minimum Gasteiger partial charge on any atom is -0.415 e. The number of benzene rings is 1. The van der Waals surface area contributed by atoms with Crippen molar-refractivity contribution in [2.45, 2.75) is 45.5 Å². The predicted molar refractivity (Wildman–Crippen MR) is 71.8 cm³/mol. The van der Waals surface area contributed by atoms with Gasteiger partial charge in [-0.05, 0) is 23.7 Å². The summed E-state index contributed by atoms with van der Waals surface area (Å²) < 4.78 is 32.9. The highest BCUT2D eigenvalue weighted by Crippen LogP contribution is 2.28. The van der Waals surface area contributed by atoms with Gasteiger partial charge < -0.3 is 10.2 Å². The van der Waals surface area contributed by atoms with Crippen LogP contribution in [0.25, 0.3) is 0 Å². The number of hydrogen-bond donors (Lipinski definition) is 1. The Bertz CT molecular complexity index is 418. The Morgan fingerprint density at radius 2 is 1.67 bits per heavy atom. The normalized spacial score (nSPS) is 13.7. The molecule has 0 saturated heterocycles. The Hall–Kier alpha value is -0.783. The maximum atomic E-state index is 13.7. The molecule has 18 heavy (non-hydrogen) atoms. The minimum atomic E-state index is -1.46. The summed E-state index contributed by atoms with van der Waals surface area (Å²) in [6.07, 6.45) is 0. The van der Waals surface area contributed by atoms with Gasteiger partial charge in [-0.3, -0.25) is 0 Å². The van der Waals surface area contributed by atoms with E-state index in [1.165, 1.54) is 0 Å². The van der Waals surface area contributed by atoms with Crippen LogP contribution in [0.15, 0.2) is 12.1 Å². The Morgan fingerprint density at radius 1 is 1.17 bits per heavy atom. The standard InChI is InChI=1S/C13H21F2NOSi/c1-13(2,3)18(4)17-8-10-9(7-16)11(14)5-6-12(10)15/h5-6,18H,7-8,16H2,1-4H3. The summed E-state index contributed by atoms with van der Waals surface area (Å²) in [5, 5.41) is 0.0900. The molecule has 0 aliphatic carbocycles. The molecule has 0 aromatic heterocycles. The lowest BCUT2D eigenvalue weighted by Crippen LogP contribution is -2.26. The third-order valence-corrected chi connectivity index (χ3v) is 6.32. The van der Waals surface area contributed by atoms with Crippen molar-refractivity contribution in [3.05, 3.63) is 34.9 Å². The number of halogens is 2. The quantitative estimate of drug-likeness (QED) is 0.856. The zero-order valence-corrected chi connectivity index (χ0v) is 12.5. The summed E-state index contributed by atoms with van der Waals surface area (Å²) in [7, 11) is -1.46. The lowest BCUT2D eigenvalue weighted by molar-refractivity contribution is 0.286. The van der Waals surface area contributed by atoms with Gasteiger partial charge in [-0.15, -0.1) is 0 Å². The molecule has 0 heterocycles. The molecule has 2 N–H and O–H groups in total. The maximum Gasteiger partial charge on any atom is 0.179 e. The number of hydrogen-bond acceptors (Lipinski definition) is 2. The molecule has 5 heteroatoms. The third-order valence-electron chi connectivity index (χ3n) is 3.22. The van der Waals surface area contributed by atoms with Crippen LogP contribution in [0.1, 0.15) is 31.9 Å². The van der Waals surface area contributed by atoms with Crippen LogP contribution in [0.5, 0.6) is 0 Å². The van der Waals surface area contributed by atoms with Crippen molar-refractivity contribution in [1.82, 2.24) is 0 Å². The molecular weight excluding hydrogens is 252 g/mol. The molecule has 0 spiro atoms. The van der Waals surface area contributed by atoms with Crippen LogP contribution in [0.4, 0.5) is 8.78 Å². The predicted octanol–water partition coefficient (Wildman–Crippen LogP) is 3.09. The first-order valence-electron chi connectivity index (χ1n) is 6.04. The van der Waals surface area contributed by atoms with Gasteiger partial charge in [0.15, 0.2) is 9.04 Å². The van der Waals surface area contributed by atoms with Gasteiger partial charge in [0, 0.05) is 17.7 Å². The van der Waals surface area contributed by atoms with E-state index in [2.05, 4.69) is 27.3 Å². The van der Waals surface area contributed by atoms with Crippen LogP contribution < -0.4 is 5.73 Å². The van der Waals surface area contributed by atoms with E-state index >= 15 is 0 Å². The van der Waals surface area contributed by atoms with E-state index in [0.29, 0.717) is 0 Å². The zero-order valence-electron chi connectivity index (χ0n) is 11.4. The van der Waals surface area contributed by atoms with Gasteiger partial charge in [0.1, 0.15) is 11.6 Å². The molecule has 2 nitrogen and oxygen atoms in total. The largest absolute Gasteiger partial charge is 0.415 e. The molecule has 0 aliphatic heterocycles. The Labute approximate surface area is 109 Å². The van der Waals surface area contributed by atoms with Crippen molar-refractivity contribution in [2.75, 3.05) is 0 Å². The highest BCUT2D eigenvalue weighted by Gasteiger charge is 2.24. The van der Waals surface area contributed by atoms with E-state index in [0.717, 1.165) is 12.1 Å². The van der Waals surface area contributed by atoms with E-state index in [-0.39, 0.29) is 29.3 Å². The second-order valence-electron chi connectivity index (χ2n) is 5.51. The highest BCUT2D eigenvalue weighted by atomic mass is 28.3. The fourth-order valence-corrected chi connectivity index (χ4v) is 2.39. The molecule has 0 bridgehead atoms. The first-order valence-corrected chi connectivity index (χ1v) is 8.25. The van der Waals surface area contributed by atoms with Crippen LogP contribution in [-0.4, -0.2) is 9.04 Å². The lowest BCUT2D eigenvalue weighted by atomic mass is 10.1. The minimum absolute atomic E-state index is 0.0201. The molecular formula is C13H21F2NOSi. The molecule has 0 saturated carbocycles. The van der Waals surface area contributed by atoms with E-state index in [9.17, 15) is 8.78 Å². The number of rotatable bonds is 4. The van der Waals surface area contributed by atoms with E-state index in [1.54, 1.807) is 0 Å². The van der Waals surface area contributed by atoms with E-state index in [1.807, 2.05) is 0 Å². The fraction of sp³-hybridized carbons (Fsp3) is 0.538. The van der Waals surface area contributed by atoms with Crippen molar-refractivity contribution in [2.24, 2.45) is 5.73 Å². The molecule has 0 aliphatic rings. The Balaban J connectivity index is 2.88. The molecule has 1 rings (SSSR count). The molecule has 1 unspecified atom stereocenters. The van der Waals surface area contributed by atoms with Gasteiger partial charge in [-0.25, -0.2) is 8.78 Å². The number of nitrogens with two attached hydrogens (primary N) is 1. The maximum absolute atomic E-state index is 13.7. The van der Waals surface area contributed by atoms with Gasteiger partial charge >= 0.3 is 0 Å². The first kappa shape index (κ1) is 15.3. The third kappa shape index (κ3) is 3.60. The average Bonchev–Trinajstić information content (AvgIpc) is 2.28. The SMILES string of the molecule is C[SiH](OCc1c(F)ccc(F)c1CN)C(C)(C)C. The Kier molecular flexibility index (Phi) is 5.01. The smallest absolute Gasteiger partial charge is 0.179 e. The van der Waals surface area contributed by atoms with Crippen LogP contribution in [0, 0.1) is 11.6 Å². The van der Waals surface area contributed by atoms with Crippen LogP contribution in [0.3, 0.4) is 0 Å². The summed E-state index contributed by atoms with van der Waals surface area (Å²) in [5.74, 6) is -0.922. The topological polar surface area (TPSA) is 35.2 Å². The molecule has 1 aromatic carbocycles. The molecule has 1 atom stereocenters. The van der Waals surface area contributed by atoms with E-state index in [4.69, 9.17) is 10.2 Å². The summed E-state index contributed by atoms with van der Waals surface area (Å²) in [4.78, 5) is 0. The van der Waals surface area contributed by atoms with Crippen molar-refractivity contribution in [3.8, 4) is 0 Å². The van der Waals surface area contributed by atoms with Crippen molar-refractivity contribution < 1.29 is 13.2 Å². The van der Waals surface area contributed by atoms with Crippen molar-refractivity contribution in [3.63, 3.8) is 0 Å². The van der Waals surface area contributed by atoms with E-state index < -0.39 is 20.7 Å². The van der Waals surface area contributed by atoms with Gasteiger partial charge in [-0.2, -0.15) is 0 Å². The van der Waals surface area contributed by atoms with Gasteiger partial charge in [0.05, 0.1) is 6.61 Å². The second-order valence-corrected chi connectivity index (χ2v) is 8.86. The fourth-order valence-electron chi connectivity index (χ4n) is 1.47. The van der Waals surface area contributed by atoms with Crippen LogP contribution in [0.2, 0.25) is 11.6 Å².